The van der Waals surface area contributed by atoms with Gasteiger partial charge in [-0.25, -0.2) is 13.6 Å². The van der Waals surface area contributed by atoms with E-state index >= 15 is 4.39 Å². The second-order valence-electron chi connectivity index (χ2n) is 12.8. The average molecular weight is 593 g/mol. The molecule has 1 aromatic heterocycles. The molecule has 1 spiro atoms. The molecule has 6 rings (SSSR count). The normalized spacial score (nSPS) is 22.5. The molecule has 0 radical (unpaired) electrons. The lowest BCUT2D eigenvalue weighted by Gasteiger charge is -2.51. The summed E-state index contributed by atoms with van der Waals surface area (Å²) in [5.74, 6) is -0.989. The van der Waals surface area contributed by atoms with Crippen LogP contribution in [0.5, 0.6) is 0 Å². The van der Waals surface area contributed by atoms with Crippen molar-refractivity contribution in [3.63, 3.8) is 0 Å². The maximum absolute atomic E-state index is 15.1. The molecule has 230 valence electrons. The van der Waals surface area contributed by atoms with Gasteiger partial charge in [0.25, 0.3) is 5.56 Å². The summed E-state index contributed by atoms with van der Waals surface area (Å²) in [6, 6.07) is 12.9. The zero-order valence-corrected chi connectivity index (χ0v) is 25.1. The van der Waals surface area contributed by atoms with Gasteiger partial charge < -0.3 is 15.1 Å². The number of piperazine rings is 1. The van der Waals surface area contributed by atoms with Crippen molar-refractivity contribution in [1.82, 2.24) is 29.8 Å². The van der Waals surface area contributed by atoms with Gasteiger partial charge in [0.1, 0.15) is 11.6 Å². The fourth-order valence-electron chi connectivity index (χ4n) is 7.47. The molecule has 1 aliphatic carbocycles. The van der Waals surface area contributed by atoms with E-state index in [9.17, 15) is 14.0 Å². The molecule has 3 aromatic rings. The van der Waals surface area contributed by atoms with E-state index in [2.05, 4.69) is 29.2 Å². The van der Waals surface area contributed by atoms with Gasteiger partial charge in [-0.3, -0.25) is 19.5 Å². The lowest BCUT2D eigenvalue weighted by Crippen LogP contribution is -2.64. The van der Waals surface area contributed by atoms with Crippen molar-refractivity contribution in [2.45, 2.75) is 82.6 Å². The Hall–Kier alpha value is -3.50. The number of rotatable bonds is 6. The van der Waals surface area contributed by atoms with Gasteiger partial charge in [-0.1, -0.05) is 44.9 Å². The number of urea groups is 1. The molecular weight excluding hydrogens is 550 g/mol. The van der Waals surface area contributed by atoms with E-state index in [4.69, 9.17) is 0 Å². The average Bonchev–Trinajstić information content (AvgIpc) is 3.62. The van der Waals surface area contributed by atoms with Crippen LogP contribution in [0.4, 0.5) is 13.6 Å². The minimum absolute atomic E-state index is 0.103. The van der Waals surface area contributed by atoms with Gasteiger partial charge in [-0.15, -0.1) is 0 Å². The van der Waals surface area contributed by atoms with Gasteiger partial charge in [-0.2, -0.15) is 0 Å². The first-order valence-corrected chi connectivity index (χ1v) is 15.6. The number of nitrogens with zero attached hydrogens (tertiary/aromatic N) is 4. The van der Waals surface area contributed by atoms with E-state index in [1.807, 2.05) is 41.4 Å². The van der Waals surface area contributed by atoms with Crippen LogP contribution in [0, 0.1) is 11.6 Å². The molecule has 8 nitrogen and oxygen atoms in total. The number of aromatic amines is 1. The number of carbonyl (C=O) groups is 1. The van der Waals surface area contributed by atoms with Crippen LogP contribution in [0.1, 0.15) is 69.5 Å². The first-order chi connectivity index (χ1) is 20.7. The highest BCUT2D eigenvalue weighted by molar-refractivity contribution is 5.75. The van der Waals surface area contributed by atoms with Crippen molar-refractivity contribution in [1.29, 1.82) is 0 Å². The van der Waals surface area contributed by atoms with Crippen molar-refractivity contribution in [3.05, 3.63) is 87.8 Å². The second kappa shape index (κ2) is 12.2. The fraction of sp³-hybridized carbons (Fsp3) is 0.515. The van der Waals surface area contributed by atoms with Gasteiger partial charge in [-0.05, 0) is 56.0 Å². The summed E-state index contributed by atoms with van der Waals surface area (Å²) in [4.78, 5) is 33.2. The quantitative estimate of drug-likeness (QED) is 0.413. The van der Waals surface area contributed by atoms with Gasteiger partial charge >= 0.3 is 6.03 Å². The summed E-state index contributed by atoms with van der Waals surface area (Å²) < 4.78 is 31.2. The van der Waals surface area contributed by atoms with Crippen molar-refractivity contribution < 1.29 is 13.6 Å². The Morgan fingerprint density at radius 3 is 2.58 bits per heavy atom. The third-order valence-corrected chi connectivity index (χ3v) is 9.53. The number of H-pyrrole nitrogens is 1. The Kier molecular flexibility index (Phi) is 8.42. The topological polar surface area (TPSA) is 76.6 Å². The Labute approximate surface area is 251 Å². The number of hydrogen-bond donors (Lipinski definition) is 2. The molecule has 2 aromatic carbocycles. The molecule has 0 bridgehead atoms. The molecule has 3 heterocycles. The summed E-state index contributed by atoms with van der Waals surface area (Å²) in [5.41, 5.74) is 1.52. The zero-order valence-electron chi connectivity index (χ0n) is 25.1. The molecule has 1 saturated carbocycles. The maximum atomic E-state index is 15.1. The molecule has 2 N–H and O–H groups in total. The van der Waals surface area contributed by atoms with Crippen LogP contribution in [0.15, 0.2) is 59.5 Å². The van der Waals surface area contributed by atoms with Crippen LogP contribution < -0.4 is 10.9 Å². The summed E-state index contributed by atoms with van der Waals surface area (Å²) in [6.07, 6.45) is 7.21. The lowest BCUT2D eigenvalue weighted by atomic mass is 9.89. The van der Waals surface area contributed by atoms with E-state index in [-0.39, 0.29) is 34.8 Å². The van der Waals surface area contributed by atoms with E-state index < -0.39 is 17.7 Å². The van der Waals surface area contributed by atoms with Crippen LogP contribution in [0.2, 0.25) is 0 Å². The zero-order chi connectivity index (χ0) is 30.1. The van der Waals surface area contributed by atoms with E-state index in [0.717, 1.165) is 49.9 Å². The monoisotopic (exact) mass is 592 g/mol. The second-order valence-corrected chi connectivity index (χ2v) is 12.8. The Balaban J connectivity index is 1.22. The number of hydrogen-bond acceptors (Lipinski definition) is 4. The number of benzene rings is 2. The number of piperidine rings is 1. The number of aromatic nitrogens is 2. The molecule has 2 amide bonds. The van der Waals surface area contributed by atoms with Crippen molar-refractivity contribution in [2.24, 2.45) is 0 Å². The molecule has 2 aliphatic heterocycles. The van der Waals surface area contributed by atoms with E-state index in [1.165, 1.54) is 6.07 Å². The van der Waals surface area contributed by atoms with Gasteiger partial charge in [0.05, 0.1) is 17.3 Å². The first kappa shape index (κ1) is 29.6. The van der Waals surface area contributed by atoms with E-state index in [0.29, 0.717) is 44.7 Å². The van der Waals surface area contributed by atoms with Gasteiger partial charge in [0.15, 0.2) is 0 Å². The highest BCUT2D eigenvalue weighted by Crippen LogP contribution is 2.40. The Morgan fingerprint density at radius 1 is 1.07 bits per heavy atom. The van der Waals surface area contributed by atoms with Gasteiger partial charge in [0, 0.05) is 62.1 Å². The minimum atomic E-state index is -0.554. The van der Waals surface area contributed by atoms with Crippen LogP contribution in [-0.4, -0.2) is 74.3 Å². The van der Waals surface area contributed by atoms with Crippen LogP contribution >= 0.6 is 0 Å². The fourth-order valence-corrected chi connectivity index (χ4v) is 7.47. The van der Waals surface area contributed by atoms with Crippen molar-refractivity contribution in [2.75, 3.05) is 26.2 Å². The summed E-state index contributed by atoms with van der Waals surface area (Å²) in [7, 11) is 0. The first-order valence-electron chi connectivity index (χ1n) is 15.6. The maximum Gasteiger partial charge on any atom is 0.320 e. The molecule has 0 unspecified atom stereocenters. The Bertz CT molecular complexity index is 1480. The third kappa shape index (κ3) is 6.13. The minimum Gasteiger partial charge on any atom is -0.321 e. The molecule has 2 atom stereocenters. The predicted molar refractivity (Wildman–Crippen MR) is 162 cm³/mol. The molecule has 3 aliphatic rings. The summed E-state index contributed by atoms with van der Waals surface area (Å²) >= 11 is 0. The molecule has 3 fully saturated rings. The standard InChI is InChI=1S/C33H42F2N6O2/c1-23(2)36-26-12-15-40(30(19-26)28-18-25(34)10-11-29(28)35)32(43)38-16-17-39(33(22-38)13-6-7-14-33)20-24-21-41(37-31(24)42)27-8-4-3-5-9-27/h3-5,8-11,18,21,23,26,30,36H,6-7,12-17,19-20,22H2,1-2H3,(H,37,42)/t26-,30+/m1/s1. The number of nitrogens with one attached hydrogen (secondary N) is 2. The SMILES string of the molecule is CC(C)N[C@@H]1CCN(C(=O)N2CCN(Cc3cn(-c4ccccc4)[nH]c3=O)C3(CCCC3)C2)[C@H](c2cc(F)ccc2F)C1. The van der Waals surface area contributed by atoms with Crippen LogP contribution in [0.25, 0.3) is 5.69 Å². The molecule has 2 saturated heterocycles. The summed E-state index contributed by atoms with van der Waals surface area (Å²) in [5, 5.41) is 6.48. The number of likely N-dealkylation sites (tertiary alicyclic amines) is 1. The Morgan fingerprint density at radius 2 is 1.84 bits per heavy atom. The number of para-hydroxylation sites is 1. The molecular formula is C33H42F2N6O2. The van der Waals surface area contributed by atoms with Crippen molar-refractivity contribution >= 4 is 6.03 Å². The van der Waals surface area contributed by atoms with Crippen LogP contribution in [0.3, 0.4) is 0 Å². The number of halogens is 2. The van der Waals surface area contributed by atoms with Gasteiger partial charge in [0.2, 0.25) is 0 Å². The van der Waals surface area contributed by atoms with E-state index in [1.54, 1.807) is 9.58 Å². The molecule has 43 heavy (non-hydrogen) atoms. The summed E-state index contributed by atoms with van der Waals surface area (Å²) in [6.45, 7) is 6.85. The lowest BCUT2D eigenvalue weighted by molar-refractivity contribution is -0.00251. The van der Waals surface area contributed by atoms with Crippen LogP contribution in [-0.2, 0) is 6.54 Å². The number of carbonyl (C=O) groups excluding carboxylic acids is 1. The predicted octanol–water partition coefficient (Wildman–Crippen LogP) is 5.20. The highest BCUT2D eigenvalue weighted by atomic mass is 19.1. The largest absolute Gasteiger partial charge is 0.321 e. The highest BCUT2D eigenvalue weighted by Gasteiger charge is 2.47. The smallest absolute Gasteiger partial charge is 0.320 e. The molecule has 10 heteroatoms. The van der Waals surface area contributed by atoms with Crippen molar-refractivity contribution in [3.8, 4) is 5.69 Å². The number of amides is 2. The third-order valence-electron chi connectivity index (χ3n) is 9.53.